The van der Waals surface area contributed by atoms with E-state index in [1.807, 2.05) is 34.9 Å². The zero-order valence-corrected chi connectivity index (χ0v) is 16.9. The van der Waals surface area contributed by atoms with Crippen LogP contribution in [-0.4, -0.2) is 41.3 Å². The van der Waals surface area contributed by atoms with E-state index in [4.69, 9.17) is 0 Å². The third-order valence-corrected chi connectivity index (χ3v) is 5.92. The number of rotatable bonds is 5. The van der Waals surface area contributed by atoms with Crippen molar-refractivity contribution in [2.24, 2.45) is 0 Å². The van der Waals surface area contributed by atoms with Gasteiger partial charge in [0.25, 0.3) is 0 Å². The van der Waals surface area contributed by atoms with Crippen LogP contribution in [0, 0.1) is 11.3 Å². The molecule has 1 saturated carbocycles. The molecule has 0 saturated heterocycles. The average molecular weight is 411 g/mol. The van der Waals surface area contributed by atoms with Gasteiger partial charge in [-0.15, -0.1) is 0 Å². The van der Waals surface area contributed by atoms with Crippen LogP contribution >= 0.6 is 0 Å². The van der Waals surface area contributed by atoms with Crippen molar-refractivity contribution in [3.8, 4) is 11.9 Å². The summed E-state index contributed by atoms with van der Waals surface area (Å²) in [4.78, 5) is 8.97. The van der Waals surface area contributed by atoms with Crippen LogP contribution in [0.25, 0.3) is 16.7 Å². The van der Waals surface area contributed by atoms with Gasteiger partial charge in [0.2, 0.25) is 16.0 Å². The van der Waals surface area contributed by atoms with Gasteiger partial charge in [-0.25, -0.2) is 18.1 Å². The van der Waals surface area contributed by atoms with E-state index in [0.29, 0.717) is 17.3 Å². The second kappa shape index (κ2) is 7.81. The van der Waals surface area contributed by atoms with Gasteiger partial charge in [0.15, 0.2) is 0 Å². The monoisotopic (exact) mass is 410 g/mol. The number of nitrogens with one attached hydrogen (secondary N) is 2. The van der Waals surface area contributed by atoms with Gasteiger partial charge in [-0.3, -0.25) is 4.57 Å². The Kier molecular flexibility index (Phi) is 5.22. The fourth-order valence-corrected chi connectivity index (χ4v) is 4.69. The highest BCUT2D eigenvalue weighted by Gasteiger charge is 2.23. The number of hydrogen-bond donors (Lipinski definition) is 2. The molecule has 1 fully saturated rings. The van der Waals surface area contributed by atoms with E-state index in [1.165, 1.54) is 6.26 Å². The molecule has 3 aromatic rings. The fraction of sp³-hybridized carbons (Fsp3) is 0.350. The summed E-state index contributed by atoms with van der Waals surface area (Å²) >= 11 is 0. The third-order valence-electron chi connectivity index (χ3n) is 5.16. The van der Waals surface area contributed by atoms with E-state index in [9.17, 15) is 13.7 Å². The molecule has 0 unspecified atom stereocenters. The summed E-state index contributed by atoms with van der Waals surface area (Å²) in [7, 11) is -3.18. The molecule has 4 rings (SSSR count). The molecule has 2 N–H and O–H groups in total. The summed E-state index contributed by atoms with van der Waals surface area (Å²) < 4.78 is 27.4. The number of hydrogen-bond acceptors (Lipinski definition) is 6. The molecule has 1 aliphatic carbocycles. The number of fused-ring (bicyclic) bond motifs is 1. The lowest BCUT2D eigenvalue weighted by Gasteiger charge is -2.29. The van der Waals surface area contributed by atoms with Gasteiger partial charge in [-0.2, -0.15) is 10.2 Å². The van der Waals surface area contributed by atoms with Crippen molar-refractivity contribution in [2.75, 3.05) is 11.6 Å². The van der Waals surface area contributed by atoms with E-state index in [1.54, 1.807) is 12.4 Å². The molecular weight excluding hydrogens is 388 g/mol. The predicted octanol–water partition coefficient (Wildman–Crippen LogP) is 2.56. The Balaban J connectivity index is 1.50. The molecule has 2 aromatic heterocycles. The van der Waals surface area contributed by atoms with Crippen LogP contribution in [0.4, 0.5) is 5.95 Å². The Morgan fingerprint density at radius 3 is 2.59 bits per heavy atom. The Morgan fingerprint density at radius 1 is 1.14 bits per heavy atom. The van der Waals surface area contributed by atoms with Crippen LogP contribution in [0.3, 0.4) is 0 Å². The van der Waals surface area contributed by atoms with Crippen LogP contribution in [0.1, 0.15) is 31.2 Å². The van der Waals surface area contributed by atoms with Crippen molar-refractivity contribution >= 4 is 26.9 Å². The second-order valence-electron chi connectivity index (χ2n) is 7.36. The highest BCUT2D eigenvalue weighted by atomic mass is 32.2. The molecule has 0 radical (unpaired) electrons. The molecule has 150 valence electrons. The van der Waals surface area contributed by atoms with Gasteiger partial charge in [0.05, 0.1) is 17.3 Å². The molecule has 0 aliphatic heterocycles. The lowest BCUT2D eigenvalue weighted by atomic mass is 9.92. The quantitative estimate of drug-likeness (QED) is 0.668. The highest BCUT2D eigenvalue weighted by molar-refractivity contribution is 7.88. The molecule has 0 amide bonds. The van der Waals surface area contributed by atoms with Gasteiger partial charge in [0.1, 0.15) is 11.9 Å². The minimum atomic E-state index is -3.18. The number of benzene rings is 1. The van der Waals surface area contributed by atoms with Crippen LogP contribution in [-0.2, 0) is 10.0 Å². The first-order valence-electron chi connectivity index (χ1n) is 9.50. The average Bonchev–Trinajstić information content (AvgIpc) is 3.08. The van der Waals surface area contributed by atoms with Crippen molar-refractivity contribution in [3.63, 3.8) is 0 Å². The highest BCUT2D eigenvalue weighted by Crippen LogP contribution is 2.25. The number of para-hydroxylation sites is 1. The smallest absolute Gasteiger partial charge is 0.224 e. The first kappa shape index (κ1) is 19.4. The summed E-state index contributed by atoms with van der Waals surface area (Å²) in [6.45, 7) is 0. The van der Waals surface area contributed by atoms with E-state index in [-0.39, 0.29) is 12.1 Å². The Labute approximate surface area is 169 Å². The molecule has 2 heterocycles. The first-order valence-corrected chi connectivity index (χ1v) is 11.4. The predicted molar refractivity (Wildman–Crippen MR) is 111 cm³/mol. The summed E-state index contributed by atoms with van der Waals surface area (Å²) in [5.74, 6) is 1.21. The van der Waals surface area contributed by atoms with Crippen molar-refractivity contribution in [1.82, 2.24) is 19.3 Å². The van der Waals surface area contributed by atoms with Crippen LogP contribution in [0.2, 0.25) is 0 Å². The van der Waals surface area contributed by atoms with E-state index >= 15 is 0 Å². The SMILES string of the molecule is CS(=O)(=O)N[C@H]1CC[C@H](Nc2nccc(-n3cc(C#N)c4ccccc43)n2)CC1. The third kappa shape index (κ3) is 4.39. The minimum Gasteiger partial charge on any atom is -0.351 e. The van der Waals surface area contributed by atoms with Crippen molar-refractivity contribution in [1.29, 1.82) is 5.26 Å². The van der Waals surface area contributed by atoms with Crippen molar-refractivity contribution in [2.45, 2.75) is 37.8 Å². The zero-order chi connectivity index (χ0) is 20.4. The lowest BCUT2D eigenvalue weighted by Crippen LogP contribution is -2.39. The Bertz CT molecular complexity index is 1170. The summed E-state index contributed by atoms with van der Waals surface area (Å²) in [5, 5.41) is 13.7. The molecule has 1 aliphatic rings. The lowest BCUT2D eigenvalue weighted by molar-refractivity contribution is 0.387. The van der Waals surface area contributed by atoms with E-state index in [2.05, 4.69) is 26.1 Å². The molecule has 8 nitrogen and oxygen atoms in total. The van der Waals surface area contributed by atoms with Crippen molar-refractivity contribution in [3.05, 3.63) is 48.3 Å². The molecule has 0 spiro atoms. The molecule has 29 heavy (non-hydrogen) atoms. The maximum Gasteiger partial charge on any atom is 0.224 e. The van der Waals surface area contributed by atoms with Gasteiger partial charge in [0, 0.05) is 29.9 Å². The minimum absolute atomic E-state index is 0.00839. The van der Waals surface area contributed by atoms with Crippen LogP contribution in [0.5, 0.6) is 0 Å². The Morgan fingerprint density at radius 2 is 1.86 bits per heavy atom. The summed E-state index contributed by atoms with van der Waals surface area (Å²) in [6, 6.07) is 12.0. The number of anilines is 1. The zero-order valence-electron chi connectivity index (χ0n) is 16.0. The Hall–Kier alpha value is -2.96. The van der Waals surface area contributed by atoms with E-state index in [0.717, 1.165) is 36.6 Å². The number of nitrogens with zero attached hydrogens (tertiary/aromatic N) is 4. The first-order chi connectivity index (χ1) is 13.9. The van der Waals surface area contributed by atoms with Gasteiger partial charge in [-0.05, 0) is 37.8 Å². The van der Waals surface area contributed by atoms with Gasteiger partial charge < -0.3 is 5.32 Å². The maximum absolute atomic E-state index is 11.4. The molecule has 0 atom stereocenters. The number of nitriles is 1. The van der Waals surface area contributed by atoms with Gasteiger partial charge in [-0.1, -0.05) is 18.2 Å². The van der Waals surface area contributed by atoms with Crippen LogP contribution in [0.15, 0.2) is 42.7 Å². The maximum atomic E-state index is 11.4. The standard InChI is InChI=1S/C20H22N6O2S/c1-29(27,28)25-16-8-6-15(7-9-16)23-20-22-11-10-19(24-20)26-13-14(12-21)17-4-2-3-5-18(17)26/h2-5,10-11,13,15-16,25H,6-9H2,1H3,(H,22,23,24)/t15-,16-. The number of sulfonamides is 1. The summed E-state index contributed by atoms with van der Waals surface area (Å²) in [5.41, 5.74) is 1.52. The largest absolute Gasteiger partial charge is 0.351 e. The fourth-order valence-electron chi connectivity index (χ4n) is 3.85. The second-order valence-corrected chi connectivity index (χ2v) is 9.14. The molecule has 1 aromatic carbocycles. The van der Waals surface area contributed by atoms with Crippen LogP contribution < -0.4 is 10.0 Å². The van der Waals surface area contributed by atoms with E-state index < -0.39 is 10.0 Å². The topological polar surface area (TPSA) is 113 Å². The molecule has 0 bridgehead atoms. The van der Waals surface area contributed by atoms with Crippen molar-refractivity contribution < 1.29 is 8.42 Å². The van der Waals surface area contributed by atoms with Gasteiger partial charge >= 0.3 is 0 Å². The molecule has 9 heteroatoms. The molecular formula is C20H22N6O2S. The number of aromatic nitrogens is 3. The normalized spacial score (nSPS) is 19.7. The summed E-state index contributed by atoms with van der Waals surface area (Å²) in [6.07, 6.45) is 7.91.